The third-order valence-corrected chi connectivity index (χ3v) is 6.93. The van der Waals surface area contributed by atoms with Gasteiger partial charge in [0.2, 0.25) is 0 Å². The zero-order valence-corrected chi connectivity index (χ0v) is 17.1. The van der Waals surface area contributed by atoms with Gasteiger partial charge < -0.3 is 20.5 Å². The summed E-state index contributed by atoms with van der Waals surface area (Å²) in [4.78, 5) is 14.6. The van der Waals surface area contributed by atoms with Crippen molar-refractivity contribution in [2.24, 2.45) is 5.92 Å². The normalized spacial score (nSPS) is 22.3. The molecule has 1 aromatic rings. The molecule has 0 aromatic heterocycles. The number of hydrogen-bond donors (Lipinski definition) is 4. The van der Waals surface area contributed by atoms with E-state index in [1.54, 1.807) is 13.1 Å². The lowest BCUT2D eigenvalue weighted by Gasteiger charge is -2.44. The maximum absolute atomic E-state index is 13.5. The van der Waals surface area contributed by atoms with E-state index in [0.29, 0.717) is 25.3 Å². The summed E-state index contributed by atoms with van der Waals surface area (Å²) in [6.07, 6.45) is 5.43. The number of nitrogens with one attached hydrogen (secondary N) is 1. The van der Waals surface area contributed by atoms with Gasteiger partial charge in [0.05, 0.1) is 0 Å². The van der Waals surface area contributed by atoms with E-state index in [0.717, 1.165) is 44.3 Å². The topological polar surface area (TPSA) is 93.0 Å². The molecule has 6 nitrogen and oxygen atoms in total. The fourth-order valence-corrected chi connectivity index (χ4v) is 5.30. The summed E-state index contributed by atoms with van der Waals surface area (Å²) in [5, 5.41) is 31.1. The van der Waals surface area contributed by atoms with Gasteiger partial charge in [-0.1, -0.05) is 18.9 Å². The molecule has 2 unspecified atom stereocenters. The zero-order chi connectivity index (χ0) is 21.0. The highest BCUT2D eigenvalue weighted by atomic mass is 19.1. The summed E-state index contributed by atoms with van der Waals surface area (Å²) in [5.41, 5.74) is 1.33. The minimum absolute atomic E-state index is 0.0226. The number of benzene rings is 1. The lowest BCUT2D eigenvalue weighted by Crippen LogP contribution is -2.58. The number of unbranched alkanes of at least 4 members (excludes halogenated alkanes) is 1. The maximum Gasteiger partial charge on any atom is 0.451 e. The van der Waals surface area contributed by atoms with Crippen LogP contribution in [0, 0.1) is 11.7 Å². The third-order valence-electron chi connectivity index (χ3n) is 6.93. The summed E-state index contributed by atoms with van der Waals surface area (Å²) in [6.45, 7) is 1.66. The Morgan fingerprint density at radius 3 is 2.62 bits per heavy atom. The van der Waals surface area contributed by atoms with Crippen molar-refractivity contribution in [3.05, 3.63) is 35.1 Å². The number of fused-ring (bicyclic) bond motifs is 1. The van der Waals surface area contributed by atoms with Crippen LogP contribution in [0.5, 0.6) is 0 Å². The molecule has 2 atom stereocenters. The van der Waals surface area contributed by atoms with Crippen LogP contribution < -0.4 is 5.32 Å². The number of likely N-dealkylation sites (tertiary alicyclic amines) is 1. The van der Waals surface area contributed by atoms with E-state index >= 15 is 0 Å². The quantitative estimate of drug-likeness (QED) is 0.371. The molecule has 0 bridgehead atoms. The Labute approximate surface area is 172 Å². The average molecular weight is 406 g/mol. The molecular formula is C21H32BFN2O4. The molecule has 1 aliphatic heterocycles. The van der Waals surface area contributed by atoms with Crippen molar-refractivity contribution in [3.8, 4) is 0 Å². The first kappa shape index (κ1) is 22.2. The third kappa shape index (κ3) is 4.82. The molecule has 1 aliphatic carbocycles. The molecule has 1 saturated heterocycles. The summed E-state index contributed by atoms with van der Waals surface area (Å²) in [5.74, 6) is -0.990. The van der Waals surface area contributed by atoms with Gasteiger partial charge in [-0.3, -0.25) is 9.69 Å². The van der Waals surface area contributed by atoms with Crippen molar-refractivity contribution in [3.63, 3.8) is 0 Å². The molecule has 0 spiro atoms. The van der Waals surface area contributed by atoms with Crippen LogP contribution in [0.1, 0.15) is 55.7 Å². The number of aliphatic carboxylic acids is 1. The molecule has 1 heterocycles. The molecule has 0 saturated carbocycles. The zero-order valence-electron chi connectivity index (χ0n) is 17.1. The van der Waals surface area contributed by atoms with E-state index in [1.807, 2.05) is 6.07 Å². The van der Waals surface area contributed by atoms with E-state index in [1.165, 1.54) is 11.6 Å². The van der Waals surface area contributed by atoms with Crippen LogP contribution in [0.2, 0.25) is 6.32 Å². The molecule has 1 aromatic carbocycles. The van der Waals surface area contributed by atoms with Gasteiger partial charge in [-0.2, -0.15) is 0 Å². The summed E-state index contributed by atoms with van der Waals surface area (Å²) in [7, 11) is 0.373. The predicted molar refractivity (Wildman–Crippen MR) is 110 cm³/mol. The van der Waals surface area contributed by atoms with Crippen molar-refractivity contribution >= 4 is 13.1 Å². The Morgan fingerprint density at radius 1 is 1.28 bits per heavy atom. The van der Waals surface area contributed by atoms with Crippen molar-refractivity contribution in [2.45, 2.75) is 62.8 Å². The minimum atomic E-state index is -1.34. The number of piperidine rings is 1. The Balaban J connectivity index is 1.62. The monoisotopic (exact) mass is 406 g/mol. The van der Waals surface area contributed by atoms with Gasteiger partial charge in [-0.05, 0) is 87.7 Å². The summed E-state index contributed by atoms with van der Waals surface area (Å²) in [6, 6.07) is 5.37. The lowest BCUT2D eigenvalue weighted by atomic mass is 9.73. The van der Waals surface area contributed by atoms with Gasteiger partial charge in [-0.15, -0.1) is 0 Å². The molecule has 0 radical (unpaired) electrons. The number of nitrogens with zero attached hydrogens (tertiary/aromatic N) is 1. The second kappa shape index (κ2) is 9.56. The van der Waals surface area contributed by atoms with Crippen LogP contribution in [0.4, 0.5) is 4.39 Å². The van der Waals surface area contributed by atoms with Crippen molar-refractivity contribution in [1.82, 2.24) is 10.2 Å². The Morgan fingerprint density at radius 2 is 2.00 bits per heavy atom. The Hall–Kier alpha value is -1.48. The van der Waals surface area contributed by atoms with Gasteiger partial charge >= 0.3 is 13.1 Å². The van der Waals surface area contributed by atoms with Crippen molar-refractivity contribution in [1.29, 1.82) is 0 Å². The molecule has 3 rings (SSSR count). The highest BCUT2D eigenvalue weighted by Gasteiger charge is 2.46. The minimum Gasteiger partial charge on any atom is -0.480 e. The second-order valence-electron chi connectivity index (χ2n) is 8.46. The van der Waals surface area contributed by atoms with Gasteiger partial charge in [0, 0.05) is 6.04 Å². The molecule has 29 heavy (non-hydrogen) atoms. The first-order chi connectivity index (χ1) is 13.9. The highest BCUT2D eigenvalue weighted by molar-refractivity contribution is 6.40. The van der Waals surface area contributed by atoms with Crippen LogP contribution in [0.3, 0.4) is 0 Å². The summed E-state index contributed by atoms with van der Waals surface area (Å²) >= 11 is 0. The van der Waals surface area contributed by atoms with Crippen LogP contribution in [-0.2, 0) is 11.2 Å². The largest absolute Gasteiger partial charge is 0.480 e. The lowest BCUT2D eigenvalue weighted by molar-refractivity contribution is -0.149. The fraction of sp³-hybridized carbons (Fsp3) is 0.667. The van der Waals surface area contributed by atoms with E-state index in [4.69, 9.17) is 10.0 Å². The first-order valence-corrected chi connectivity index (χ1v) is 10.7. The van der Waals surface area contributed by atoms with Gasteiger partial charge in [0.15, 0.2) is 0 Å². The average Bonchev–Trinajstić information content (AvgIpc) is 3.11. The van der Waals surface area contributed by atoms with Gasteiger partial charge in [0.1, 0.15) is 11.4 Å². The van der Waals surface area contributed by atoms with Gasteiger partial charge in [-0.25, -0.2) is 4.39 Å². The number of aryl methyl sites for hydroxylation is 1. The molecule has 1 fully saturated rings. The highest BCUT2D eigenvalue weighted by Crippen LogP contribution is 2.40. The number of carbonyl (C=O) groups is 1. The summed E-state index contributed by atoms with van der Waals surface area (Å²) < 4.78 is 13.5. The van der Waals surface area contributed by atoms with Crippen LogP contribution in [0.15, 0.2) is 18.2 Å². The number of carboxylic acid groups (broad SMARTS) is 1. The van der Waals surface area contributed by atoms with E-state index < -0.39 is 18.6 Å². The van der Waals surface area contributed by atoms with Crippen molar-refractivity contribution < 1.29 is 24.3 Å². The van der Waals surface area contributed by atoms with E-state index in [2.05, 4.69) is 10.2 Å². The number of rotatable bonds is 9. The van der Waals surface area contributed by atoms with Crippen molar-refractivity contribution in [2.75, 3.05) is 20.1 Å². The second-order valence-corrected chi connectivity index (χ2v) is 8.46. The molecular weight excluding hydrogens is 374 g/mol. The Bertz CT molecular complexity index is 712. The fourth-order valence-electron chi connectivity index (χ4n) is 5.30. The van der Waals surface area contributed by atoms with Crippen LogP contribution >= 0.6 is 0 Å². The number of halogens is 1. The Kier molecular flexibility index (Phi) is 7.32. The van der Waals surface area contributed by atoms with Crippen LogP contribution in [0.25, 0.3) is 0 Å². The molecule has 2 aliphatic rings. The molecule has 8 heteroatoms. The molecule has 160 valence electrons. The number of likely N-dealkylation sites (N-methyl/N-ethyl adjacent to an activating group) is 1. The number of hydrogen-bond acceptors (Lipinski definition) is 5. The maximum atomic E-state index is 13.5. The van der Waals surface area contributed by atoms with Crippen LogP contribution in [-0.4, -0.2) is 58.8 Å². The SMILES string of the molecule is CNC(CCCCB(O)O)(C(=O)O)C1CCN(C2CCc3cc(F)ccc32)CC1. The predicted octanol–water partition coefficient (Wildman–Crippen LogP) is 2.21. The standard InChI is InChI=1S/C21H32BFN2O4/c1-24-21(20(26)27,10-2-3-11-22(28)29)16-8-12-25(13-9-16)19-7-4-15-14-17(23)5-6-18(15)19/h5-6,14,16,19,24,28-29H,2-4,7-13H2,1H3,(H,26,27). The van der Waals surface area contributed by atoms with E-state index in [9.17, 15) is 14.3 Å². The van der Waals surface area contributed by atoms with E-state index in [-0.39, 0.29) is 18.1 Å². The van der Waals surface area contributed by atoms with Gasteiger partial charge in [0.25, 0.3) is 0 Å². The number of carboxylic acids is 1. The molecule has 0 amide bonds. The molecule has 4 N–H and O–H groups in total. The first-order valence-electron chi connectivity index (χ1n) is 10.7. The smallest absolute Gasteiger partial charge is 0.451 e.